The first-order valence-electron chi connectivity index (χ1n) is 10.2. The molecule has 0 bridgehead atoms. The number of hydrogen-bond donors (Lipinski definition) is 3. The van der Waals surface area contributed by atoms with Crippen molar-refractivity contribution in [2.75, 3.05) is 34.4 Å². The second kappa shape index (κ2) is 14.2. The van der Waals surface area contributed by atoms with Crippen LogP contribution in [0.4, 0.5) is 0 Å². The molecule has 10 heteroatoms. The zero-order valence-corrected chi connectivity index (χ0v) is 22.1. The van der Waals surface area contributed by atoms with Crippen molar-refractivity contribution in [3.63, 3.8) is 0 Å². The van der Waals surface area contributed by atoms with Gasteiger partial charge in [-0.3, -0.25) is 4.99 Å². The maximum atomic E-state index is 11.8. The molecule has 0 atom stereocenters. The Morgan fingerprint density at radius 3 is 2.31 bits per heavy atom. The molecular weight excluding hydrogens is 543 g/mol. The maximum absolute atomic E-state index is 11.8. The summed E-state index contributed by atoms with van der Waals surface area (Å²) in [4.78, 5) is 4.47. The van der Waals surface area contributed by atoms with Crippen LogP contribution in [0.5, 0.6) is 11.5 Å². The van der Waals surface area contributed by atoms with Crippen molar-refractivity contribution < 1.29 is 17.9 Å². The molecule has 3 N–H and O–H groups in total. The van der Waals surface area contributed by atoms with E-state index in [0.717, 1.165) is 36.4 Å². The average molecular weight is 577 g/mol. The van der Waals surface area contributed by atoms with E-state index in [2.05, 4.69) is 20.3 Å². The van der Waals surface area contributed by atoms with Crippen LogP contribution in [0.3, 0.4) is 0 Å². The molecule has 32 heavy (non-hydrogen) atoms. The number of guanidine groups is 1. The molecule has 2 rings (SSSR count). The highest BCUT2D eigenvalue weighted by molar-refractivity contribution is 14.0. The lowest BCUT2D eigenvalue weighted by molar-refractivity contribution is 0.310. The van der Waals surface area contributed by atoms with Gasteiger partial charge in [-0.25, -0.2) is 13.1 Å². The molecule has 0 heterocycles. The predicted molar refractivity (Wildman–Crippen MR) is 139 cm³/mol. The van der Waals surface area contributed by atoms with Crippen molar-refractivity contribution in [2.45, 2.75) is 31.2 Å². The summed E-state index contributed by atoms with van der Waals surface area (Å²) < 4.78 is 36.8. The molecule has 0 fully saturated rings. The van der Waals surface area contributed by atoms with E-state index in [9.17, 15) is 8.42 Å². The van der Waals surface area contributed by atoms with Gasteiger partial charge in [0, 0.05) is 20.1 Å². The highest BCUT2D eigenvalue weighted by Crippen LogP contribution is 2.28. The number of ether oxygens (including phenoxy) is 2. The normalized spacial score (nSPS) is 11.4. The van der Waals surface area contributed by atoms with Gasteiger partial charge in [0.1, 0.15) is 0 Å². The van der Waals surface area contributed by atoms with Gasteiger partial charge in [-0.2, -0.15) is 0 Å². The summed E-state index contributed by atoms with van der Waals surface area (Å²) in [5, 5.41) is 6.53. The van der Waals surface area contributed by atoms with Crippen LogP contribution < -0.4 is 24.8 Å². The summed E-state index contributed by atoms with van der Waals surface area (Å²) in [7, 11) is 1.33. The topological polar surface area (TPSA) is 101 Å². The average Bonchev–Trinajstić information content (AvgIpc) is 2.79. The van der Waals surface area contributed by atoms with Crippen molar-refractivity contribution in [1.82, 2.24) is 15.4 Å². The molecule has 178 valence electrons. The Morgan fingerprint density at radius 1 is 1.03 bits per heavy atom. The number of nitrogens with zero attached hydrogens (tertiary/aromatic N) is 1. The number of sulfonamides is 1. The minimum absolute atomic E-state index is 0. The van der Waals surface area contributed by atoms with E-state index >= 15 is 0 Å². The number of nitrogens with one attached hydrogen (secondary N) is 3. The number of halogens is 1. The van der Waals surface area contributed by atoms with Crippen LogP contribution in [0, 0.1) is 0 Å². The molecule has 0 aromatic heterocycles. The van der Waals surface area contributed by atoms with Crippen molar-refractivity contribution in [2.24, 2.45) is 4.99 Å². The van der Waals surface area contributed by atoms with Crippen molar-refractivity contribution in [1.29, 1.82) is 0 Å². The van der Waals surface area contributed by atoms with E-state index in [1.807, 2.05) is 25.1 Å². The summed E-state index contributed by atoms with van der Waals surface area (Å²) >= 11 is 0. The molecule has 2 aromatic rings. The monoisotopic (exact) mass is 576 g/mol. The molecule has 0 aliphatic heterocycles. The van der Waals surface area contributed by atoms with Crippen LogP contribution in [-0.4, -0.2) is 48.7 Å². The van der Waals surface area contributed by atoms with Crippen molar-refractivity contribution >= 4 is 40.0 Å². The highest BCUT2D eigenvalue weighted by atomic mass is 127. The van der Waals surface area contributed by atoms with Gasteiger partial charge >= 0.3 is 0 Å². The van der Waals surface area contributed by atoms with E-state index in [-0.39, 0.29) is 28.9 Å². The van der Waals surface area contributed by atoms with Gasteiger partial charge in [-0.15, -0.1) is 24.0 Å². The van der Waals surface area contributed by atoms with Crippen molar-refractivity contribution in [3.05, 3.63) is 53.6 Å². The Balaban J connectivity index is 0.00000512. The van der Waals surface area contributed by atoms with Crippen LogP contribution in [0.1, 0.15) is 24.5 Å². The Labute approximate surface area is 208 Å². The molecule has 0 amide bonds. The van der Waals surface area contributed by atoms with Gasteiger partial charge in [-0.1, -0.05) is 18.2 Å². The van der Waals surface area contributed by atoms with Gasteiger partial charge in [0.05, 0.1) is 18.6 Å². The summed E-state index contributed by atoms with van der Waals surface area (Å²) in [5.41, 5.74) is 2.14. The Hall–Kier alpha value is -2.05. The Kier molecular flexibility index (Phi) is 12.4. The van der Waals surface area contributed by atoms with Crippen LogP contribution in [0.2, 0.25) is 0 Å². The number of aliphatic imine (C=N–C) groups is 1. The van der Waals surface area contributed by atoms with Gasteiger partial charge in [0.2, 0.25) is 10.0 Å². The first kappa shape index (κ1) is 28.0. The lowest BCUT2D eigenvalue weighted by Gasteiger charge is -2.13. The summed E-state index contributed by atoms with van der Waals surface area (Å²) in [6, 6.07) is 12.7. The number of methoxy groups -OCH3 is 1. The molecular formula is C22H33IN4O4S. The molecule has 2 aromatic carbocycles. The summed E-state index contributed by atoms with van der Waals surface area (Å²) in [6.45, 7) is 3.84. The maximum Gasteiger partial charge on any atom is 0.240 e. The van der Waals surface area contributed by atoms with Crippen molar-refractivity contribution in [3.8, 4) is 11.5 Å². The zero-order chi connectivity index (χ0) is 22.7. The molecule has 8 nitrogen and oxygen atoms in total. The SMILES string of the molecule is CCOc1cc(CCCNC(=NC)NCc2ccc(S(=O)(=O)NC)cc2)ccc1OC.I. The van der Waals surface area contributed by atoms with Crippen LogP contribution >= 0.6 is 24.0 Å². The first-order chi connectivity index (χ1) is 14.9. The third kappa shape index (κ3) is 8.47. The zero-order valence-electron chi connectivity index (χ0n) is 19.0. The van der Waals surface area contributed by atoms with Crippen LogP contribution in [0.25, 0.3) is 0 Å². The summed E-state index contributed by atoms with van der Waals surface area (Å²) in [6.07, 6.45) is 1.82. The largest absolute Gasteiger partial charge is 0.493 e. The van der Waals surface area contributed by atoms with Gasteiger partial charge in [-0.05, 0) is 62.2 Å². The van der Waals surface area contributed by atoms with E-state index in [4.69, 9.17) is 9.47 Å². The molecule has 0 unspecified atom stereocenters. The number of hydrogen-bond acceptors (Lipinski definition) is 5. The van der Waals surface area contributed by atoms with E-state index in [0.29, 0.717) is 19.1 Å². The summed E-state index contributed by atoms with van der Waals surface area (Å²) in [5.74, 6) is 2.20. The van der Waals surface area contributed by atoms with Gasteiger partial charge in [0.15, 0.2) is 17.5 Å². The fourth-order valence-electron chi connectivity index (χ4n) is 2.95. The second-order valence-electron chi connectivity index (χ2n) is 6.73. The molecule has 0 radical (unpaired) electrons. The Bertz CT molecular complexity index is 966. The quantitative estimate of drug-likeness (QED) is 0.165. The second-order valence-corrected chi connectivity index (χ2v) is 8.61. The Morgan fingerprint density at radius 2 is 1.72 bits per heavy atom. The van der Waals surface area contributed by atoms with Crippen LogP contribution in [0.15, 0.2) is 52.4 Å². The third-order valence-corrected chi connectivity index (χ3v) is 6.08. The fourth-order valence-corrected chi connectivity index (χ4v) is 3.69. The molecule has 0 aliphatic rings. The lowest BCUT2D eigenvalue weighted by atomic mass is 10.1. The van der Waals surface area contributed by atoms with E-state index in [1.54, 1.807) is 38.4 Å². The van der Waals surface area contributed by atoms with Crippen LogP contribution in [-0.2, 0) is 23.0 Å². The standard InChI is InChI=1S/C22H32N4O4S.HI/c1-5-30-21-15-17(10-13-20(21)29-4)7-6-14-25-22(23-2)26-16-18-8-11-19(12-9-18)31(27,28)24-3;/h8-13,15,24H,5-7,14,16H2,1-4H3,(H2,23,25,26);1H. The number of aryl methyl sites for hydroxylation is 1. The number of rotatable bonds is 11. The lowest BCUT2D eigenvalue weighted by Crippen LogP contribution is -2.37. The minimum Gasteiger partial charge on any atom is -0.493 e. The molecule has 0 aliphatic carbocycles. The van der Waals surface area contributed by atoms with Gasteiger partial charge in [0.25, 0.3) is 0 Å². The molecule has 0 saturated heterocycles. The van der Waals surface area contributed by atoms with Gasteiger partial charge < -0.3 is 20.1 Å². The smallest absolute Gasteiger partial charge is 0.240 e. The van der Waals surface area contributed by atoms with E-state index < -0.39 is 10.0 Å². The molecule has 0 spiro atoms. The minimum atomic E-state index is -3.42. The highest BCUT2D eigenvalue weighted by Gasteiger charge is 2.10. The fraction of sp³-hybridized carbons (Fsp3) is 0.409. The number of benzene rings is 2. The molecule has 0 saturated carbocycles. The first-order valence-corrected chi connectivity index (χ1v) is 11.7. The van der Waals surface area contributed by atoms with E-state index in [1.165, 1.54) is 12.6 Å². The third-order valence-electron chi connectivity index (χ3n) is 4.65. The predicted octanol–water partition coefficient (Wildman–Crippen LogP) is 2.92.